The number of anilines is 2. The SMILES string of the molecule is COc1cc(-c2nc3ccccn3c2Nc2cccc(Cl)c2)ccc1O. The Morgan fingerprint density at radius 2 is 1.96 bits per heavy atom. The molecule has 26 heavy (non-hydrogen) atoms. The molecule has 0 aliphatic heterocycles. The first-order valence-corrected chi connectivity index (χ1v) is 8.40. The van der Waals surface area contributed by atoms with E-state index in [1.807, 2.05) is 59.1 Å². The Morgan fingerprint density at radius 1 is 1.08 bits per heavy atom. The predicted molar refractivity (Wildman–Crippen MR) is 104 cm³/mol. The van der Waals surface area contributed by atoms with Crippen molar-refractivity contribution in [3.05, 3.63) is 71.9 Å². The highest BCUT2D eigenvalue weighted by Crippen LogP contribution is 2.36. The average molecular weight is 366 g/mol. The third-order valence-corrected chi connectivity index (χ3v) is 4.31. The summed E-state index contributed by atoms with van der Waals surface area (Å²) >= 11 is 6.11. The number of pyridine rings is 1. The largest absolute Gasteiger partial charge is 0.504 e. The van der Waals surface area contributed by atoms with Crippen molar-refractivity contribution in [2.45, 2.75) is 0 Å². The van der Waals surface area contributed by atoms with Crippen molar-refractivity contribution in [2.24, 2.45) is 0 Å². The lowest BCUT2D eigenvalue weighted by atomic mass is 10.1. The van der Waals surface area contributed by atoms with Crippen LogP contribution in [0.2, 0.25) is 5.02 Å². The molecule has 0 bridgehead atoms. The van der Waals surface area contributed by atoms with Gasteiger partial charge in [-0.15, -0.1) is 0 Å². The van der Waals surface area contributed by atoms with Crippen molar-refractivity contribution >= 4 is 28.8 Å². The number of nitrogens with zero attached hydrogens (tertiary/aromatic N) is 2. The fourth-order valence-corrected chi connectivity index (χ4v) is 3.03. The van der Waals surface area contributed by atoms with Crippen LogP contribution in [0.5, 0.6) is 11.5 Å². The number of phenols is 1. The van der Waals surface area contributed by atoms with Crippen molar-refractivity contribution in [1.82, 2.24) is 9.38 Å². The van der Waals surface area contributed by atoms with Crippen molar-refractivity contribution in [3.63, 3.8) is 0 Å². The zero-order chi connectivity index (χ0) is 18.1. The van der Waals surface area contributed by atoms with Crippen LogP contribution in [0, 0.1) is 0 Å². The van der Waals surface area contributed by atoms with Crippen molar-refractivity contribution in [1.29, 1.82) is 0 Å². The van der Waals surface area contributed by atoms with Crippen LogP contribution in [0.3, 0.4) is 0 Å². The van der Waals surface area contributed by atoms with Crippen LogP contribution in [-0.2, 0) is 0 Å². The summed E-state index contributed by atoms with van der Waals surface area (Å²) in [5, 5.41) is 13.9. The van der Waals surface area contributed by atoms with E-state index in [1.165, 1.54) is 7.11 Å². The van der Waals surface area contributed by atoms with Crippen LogP contribution >= 0.6 is 11.6 Å². The molecule has 0 radical (unpaired) electrons. The maximum Gasteiger partial charge on any atom is 0.161 e. The molecular weight excluding hydrogens is 350 g/mol. The highest BCUT2D eigenvalue weighted by molar-refractivity contribution is 6.30. The minimum atomic E-state index is 0.0874. The molecule has 4 rings (SSSR count). The summed E-state index contributed by atoms with van der Waals surface area (Å²) in [4.78, 5) is 4.74. The molecule has 0 fully saturated rings. The van der Waals surface area contributed by atoms with Gasteiger partial charge in [0.2, 0.25) is 0 Å². The Kier molecular flexibility index (Phi) is 4.14. The lowest BCUT2D eigenvalue weighted by molar-refractivity contribution is 0.373. The van der Waals surface area contributed by atoms with Crippen LogP contribution in [0.15, 0.2) is 66.9 Å². The van der Waals surface area contributed by atoms with Gasteiger partial charge in [0.25, 0.3) is 0 Å². The number of ether oxygens (including phenoxy) is 1. The Hall–Kier alpha value is -3.18. The number of aromatic nitrogens is 2. The first kappa shape index (κ1) is 16.3. The van der Waals surface area contributed by atoms with E-state index in [9.17, 15) is 5.11 Å². The van der Waals surface area contributed by atoms with E-state index in [2.05, 4.69) is 5.32 Å². The summed E-state index contributed by atoms with van der Waals surface area (Å²) in [7, 11) is 1.52. The van der Waals surface area contributed by atoms with Gasteiger partial charge in [0, 0.05) is 22.5 Å². The first-order chi connectivity index (χ1) is 12.7. The Labute approximate surface area is 155 Å². The fraction of sp³-hybridized carbons (Fsp3) is 0.0500. The molecular formula is C20H16ClN3O2. The third-order valence-electron chi connectivity index (χ3n) is 4.07. The van der Waals surface area contributed by atoms with Crippen LogP contribution in [0.1, 0.15) is 0 Å². The molecule has 130 valence electrons. The van der Waals surface area contributed by atoms with E-state index in [0.29, 0.717) is 10.8 Å². The van der Waals surface area contributed by atoms with E-state index in [4.69, 9.17) is 21.3 Å². The summed E-state index contributed by atoms with van der Waals surface area (Å²) < 4.78 is 7.20. The molecule has 0 spiro atoms. The lowest BCUT2D eigenvalue weighted by Crippen LogP contribution is -1.97. The predicted octanol–water partition coefficient (Wildman–Crippen LogP) is 5.11. The summed E-state index contributed by atoms with van der Waals surface area (Å²) in [5.74, 6) is 1.29. The number of rotatable bonds is 4. The summed E-state index contributed by atoms with van der Waals surface area (Å²) in [6.07, 6.45) is 1.94. The molecule has 6 heteroatoms. The number of hydrogen-bond donors (Lipinski definition) is 2. The van der Waals surface area contributed by atoms with Crippen molar-refractivity contribution in [3.8, 4) is 22.8 Å². The smallest absolute Gasteiger partial charge is 0.161 e. The number of benzene rings is 2. The number of hydrogen-bond acceptors (Lipinski definition) is 4. The van der Waals surface area contributed by atoms with E-state index < -0.39 is 0 Å². The van der Waals surface area contributed by atoms with Gasteiger partial charge in [-0.2, -0.15) is 0 Å². The van der Waals surface area contributed by atoms with Gasteiger partial charge in [-0.05, 0) is 48.5 Å². The highest BCUT2D eigenvalue weighted by Gasteiger charge is 2.16. The zero-order valence-corrected chi connectivity index (χ0v) is 14.7. The summed E-state index contributed by atoms with van der Waals surface area (Å²) in [6, 6.07) is 18.5. The molecule has 4 aromatic rings. The van der Waals surface area contributed by atoms with Crippen molar-refractivity contribution < 1.29 is 9.84 Å². The number of nitrogens with one attached hydrogen (secondary N) is 1. The molecule has 0 unspecified atom stereocenters. The average Bonchev–Trinajstić information content (AvgIpc) is 3.01. The number of halogens is 1. The fourth-order valence-electron chi connectivity index (χ4n) is 2.84. The number of aromatic hydroxyl groups is 1. The van der Waals surface area contributed by atoms with E-state index >= 15 is 0 Å². The van der Waals surface area contributed by atoms with E-state index in [-0.39, 0.29) is 5.75 Å². The molecule has 0 saturated carbocycles. The first-order valence-electron chi connectivity index (χ1n) is 8.03. The molecule has 0 atom stereocenters. The summed E-state index contributed by atoms with van der Waals surface area (Å²) in [6.45, 7) is 0. The quantitative estimate of drug-likeness (QED) is 0.527. The van der Waals surface area contributed by atoms with Gasteiger partial charge >= 0.3 is 0 Å². The maximum absolute atomic E-state index is 9.88. The van der Waals surface area contributed by atoms with Gasteiger partial charge in [-0.25, -0.2) is 4.98 Å². The number of fused-ring (bicyclic) bond motifs is 1. The molecule has 5 nitrogen and oxygen atoms in total. The number of methoxy groups -OCH3 is 1. The second-order valence-corrected chi connectivity index (χ2v) is 6.20. The van der Waals surface area contributed by atoms with E-state index in [1.54, 1.807) is 12.1 Å². The normalized spacial score (nSPS) is 10.8. The van der Waals surface area contributed by atoms with Crippen LogP contribution in [0.4, 0.5) is 11.5 Å². The van der Waals surface area contributed by atoms with Crippen molar-refractivity contribution in [2.75, 3.05) is 12.4 Å². The van der Waals surface area contributed by atoms with Gasteiger partial charge < -0.3 is 15.2 Å². The second-order valence-electron chi connectivity index (χ2n) is 5.76. The second kappa shape index (κ2) is 6.61. The van der Waals surface area contributed by atoms with Crippen LogP contribution < -0.4 is 10.1 Å². The topological polar surface area (TPSA) is 58.8 Å². The molecule has 0 saturated heterocycles. The van der Waals surface area contributed by atoms with E-state index in [0.717, 1.165) is 28.4 Å². The highest BCUT2D eigenvalue weighted by atomic mass is 35.5. The van der Waals surface area contributed by atoms with Gasteiger partial charge in [0.15, 0.2) is 11.5 Å². The zero-order valence-electron chi connectivity index (χ0n) is 14.0. The summed E-state index contributed by atoms with van der Waals surface area (Å²) in [5.41, 5.74) is 3.23. The molecule has 0 aliphatic carbocycles. The minimum absolute atomic E-state index is 0.0874. The molecule has 2 aromatic carbocycles. The van der Waals surface area contributed by atoms with Gasteiger partial charge in [0.05, 0.1) is 7.11 Å². The molecule has 2 aromatic heterocycles. The Bertz CT molecular complexity index is 1090. The maximum atomic E-state index is 9.88. The monoisotopic (exact) mass is 365 g/mol. The third kappa shape index (κ3) is 2.93. The van der Waals surface area contributed by atoms with Gasteiger partial charge in [0.1, 0.15) is 17.2 Å². The molecule has 2 N–H and O–H groups in total. The van der Waals surface area contributed by atoms with Gasteiger partial charge in [-0.3, -0.25) is 4.40 Å². The molecule has 0 aliphatic rings. The standard InChI is InChI=1S/C20H16ClN3O2/c1-26-17-11-13(8-9-16(17)25)19-20(22-15-6-4-5-14(21)12-15)24-10-3-2-7-18(24)23-19/h2-12,22,25H,1H3. The molecule has 0 amide bonds. The lowest BCUT2D eigenvalue weighted by Gasteiger charge is -2.10. The van der Waals surface area contributed by atoms with Crippen LogP contribution in [0.25, 0.3) is 16.9 Å². The minimum Gasteiger partial charge on any atom is -0.504 e. The number of imidazole rings is 1. The Morgan fingerprint density at radius 3 is 2.77 bits per heavy atom. The number of phenolic OH excluding ortho intramolecular Hbond substituents is 1. The Balaban J connectivity index is 1.89. The molecule has 2 heterocycles. The van der Waals surface area contributed by atoms with Gasteiger partial charge in [-0.1, -0.05) is 23.7 Å². The van der Waals surface area contributed by atoms with Crippen LogP contribution in [-0.4, -0.2) is 21.6 Å².